The number of aliphatic imine (C=N–C) groups is 1. The Hall–Kier alpha value is -2.52. The number of carbonyl (C=O) groups is 2. The quantitative estimate of drug-likeness (QED) is 0.133. The van der Waals surface area contributed by atoms with E-state index >= 15 is 0 Å². The Kier molecular flexibility index (Phi) is 15.7. The molecule has 1 aliphatic heterocycles. The summed E-state index contributed by atoms with van der Waals surface area (Å²) < 4.78 is 3.40. The molecule has 2 aliphatic rings. The molecular weight excluding hydrogens is 553 g/mol. The minimum absolute atomic E-state index is 0.0575. The summed E-state index contributed by atoms with van der Waals surface area (Å²) in [4.78, 5) is 25.8. The summed E-state index contributed by atoms with van der Waals surface area (Å²) in [5.74, 6) is -0.0575. The minimum atomic E-state index is -0.104. The molecule has 1 heterocycles. The van der Waals surface area contributed by atoms with Crippen molar-refractivity contribution < 1.29 is 9.59 Å². The number of nitrogens with one attached hydrogen (secondary N) is 3. The molecule has 1 fully saturated rings. The third-order valence-electron chi connectivity index (χ3n) is 6.25. The Morgan fingerprint density at radius 2 is 1.92 bits per heavy atom. The van der Waals surface area contributed by atoms with E-state index in [0.717, 1.165) is 34.7 Å². The molecule has 4 rings (SSSR count). The monoisotopic (exact) mass is 591 g/mol. The number of allylic oxidation sites excluding steroid dienone is 1. The maximum absolute atomic E-state index is 12.1. The standard InChI is InChI=1S/C15H11Cl2NO.C7H13N3O.C7H15NS/c16-10-5-6-12(13(17)8-10)14-7-9-3-1-2-4-11(9)15(19)18-14;1-7(4-8)5-9-2-3-10-6-11;1-9-8-7-5-3-2-4-6-7/h1-6,8,14H,7H2,(H,18,19);4-6H,2-3,8H2,1H3,(H,10,11);7-8H,2-6H2,1H3/b;7-4-,9-5?;. The smallest absolute Gasteiger partial charge is 0.252 e. The zero-order chi connectivity index (χ0) is 28.5. The molecule has 0 bridgehead atoms. The number of hydrogen-bond donors (Lipinski definition) is 4. The zero-order valence-electron chi connectivity index (χ0n) is 22.6. The van der Waals surface area contributed by atoms with Crippen LogP contribution in [0.3, 0.4) is 0 Å². The first kappa shape index (κ1) is 32.7. The Morgan fingerprint density at radius 3 is 2.59 bits per heavy atom. The van der Waals surface area contributed by atoms with Crippen molar-refractivity contribution in [2.45, 2.75) is 57.5 Å². The van der Waals surface area contributed by atoms with Gasteiger partial charge in [0.1, 0.15) is 0 Å². The highest BCUT2D eigenvalue weighted by atomic mass is 35.5. The van der Waals surface area contributed by atoms with Gasteiger partial charge in [0.05, 0.1) is 12.6 Å². The van der Waals surface area contributed by atoms with Gasteiger partial charge in [0.25, 0.3) is 5.91 Å². The minimum Gasteiger partial charge on any atom is -0.404 e. The summed E-state index contributed by atoms with van der Waals surface area (Å²) in [6, 6.07) is 13.7. The van der Waals surface area contributed by atoms with Crippen molar-refractivity contribution >= 4 is 53.7 Å². The van der Waals surface area contributed by atoms with E-state index in [1.807, 2.05) is 37.3 Å². The van der Waals surface area contributed by atoms with Crippen LogP contribution in [0.15, 0.2) is 59.2 Å². The normalized spacial score (nSPS) is 17.2. The van der Waals surface area contributed by atoms with Gasteiger partial charge in [-0.15, -0.1) is 0 Å². The Bertz CT molecular complexity index is 1100. The van der Waals surface area contributed by atoms with Crippen molar-refractivity contribution in [2.24, 2.45) is 10.7 Å². The topological polar surface area (TPSA) is 109 Å². The number of fused-ring (bicyclic) bond motifs is 1. The first-order valence-corrected chi connectivity index (χ1v) is 15.0. The highest BCUT2D eigenvalue weighted by molar-refractivity contribution is 7.96. The summed E-state index contributed by atoms with van der Waals surface area (Å²) in [7, 11) is 0. The maximum atomic E-state index is 12.1. The van der Waals surface area contributed by atoms with Gasteiger partial charge in [-0.1, -0.05) is 78.7 Å². The van der Waals surface area contributed by atoms with Crippen LogP contribution in [-0.4, -0.2) is 43.9 Å². The highest BCUT2D eigenvalue weighted by Gasteiger charge is 2.26. The Balaban J connectivity index is 0.000000228. The van der Waals surface area contributed by atoms with Crippen LogP contribution in [0.5, 0.6) is 0 Å². The molecule has 7 nitrogen and oxygen atoms in total. The van der Waals surface area contributed by atoms with Crippen LogP contribution in [0, 0.1) is 0 Å². The van der Waals surface area contributed by atoms with E-state index in [1.54, 1.807) is 30.3 Å². The number of nitrogens with two attached hydrogens (primary N) is 1. The molecule has 2 aromatic carbocycles. The third-order valence-corrected chi connectivity index (χ3v) is 7.38. The summed E-state index contributed by atoms with van der Waals surface area (Å²) in [6.45, 7) is 3.01. The number of rotatable bonds is 8. The maximum Gasteiger partial charge on any atom is 0.252 e. The number of hydrogen-bond acceptors (Lipinski definition) is 6. The van der Waals surface area contributed by atoms with Gasteiger partial charge in [-0.25, -0.2) is 0 Å². The van der Waals surface area contributed by atoms with Gasteiger partial charge in [-0.3, -0.25) is 19.3 Å². The molecule has 2 amide bonds. The van der Waals surface area contributed by atoms with Crippen LogP contribution in [0.2, 0.25) is 10.0 Å². The lowest BCUT2D eigenvalue weighted by atomic mass is 9.91. The van der Waals surface area contributed by atoms with Crippen molar-refractivity contribution in [3.8, 4) is 0 Å². The lowest BCUT2D eigenvalue weighted by molar-refractivity contribution is -0.109. The number of nitrogens with zero attached hydrogens (tertiary/aromatic N) is 1. The van der Waals surface area contributed by atoms with Gasteiger partial charge >= 0.3 is 0 Å². The predicted molar refractivity (Wildman–Crippen MR) is 166 cm³/mol. The van der Waals surface area contributed by atoms with E-state index in [1.165, 1.54) is 38.3 Å². The summed E-state index contributed by atoms with van der Waals surface area (Å²) >= 11 is 13.9. The molecule has 1 atom stereocenters. The largest absolute Gasteiger partial charge is 0.404 e. The van der Waals surface area contributed by atoms with Crippen molar-refractivity contribution in [3.05, 3.63) is 81.0 Å². The molecule has 0 spiro atoms. The molecule has 1 unspecified atom stereocenters. The first-order valence-electron chi connectivity index (χ1n) is 13.1. The number of amides is 2. The summed E-state index contributed by atoms with van der Waals surface area (Å²) in [6.07, 6.45) is 13.7. The fourth-order valence-electron chi connectivity index (χ4n) is 4.23. The van der Waals surface area contributed by atoms with E-state index in [-0.39, 0.29) is 11.9 Å². The van der Waals surface area contributed by atoms with Crippen LogP contribution < -0.4 is 21.1 Å². The van der Waals surface area contributed by atoms with Gasteiger partial charge in [-0.2, -0.15) is 0 Å². The van der Waals surface area contributed by atoms with Crippen LogP contribution in [-0.2, 0) is 11.2 Å². The molecule has 2 aromatic rings. The van der Waals surface area contributed by atoms with Crippen LogP contribution in [0.25, 0.3) is 0 Å². The van der Waals surface area contributed by atoms with Gasteiger partial charge in [0.2, 0.25) is 6.41 Å². The van der Waals surface area contributed by atoms with Crippen LogP contribution in [0.1, 0.15) is 66.6 Å². The number of halogens is 2. The Labute approximate surface area is 246 Å². The zero-order valence-corrected chi connectivity index (χ0v) is 24.9. The average Bonchev–Trinajstić information content (AvgIpc) is 2.94. The second kappa shape index (κ2) is 18.7. The molecule has 39 heavy (non-hydrogen) atoms. The van der Waals surface area contributed by atoms with Crippen molar-refractivity contribution in [1.29, 1.82) is 0 Å². The molecule has 5 N–H and O–H groups in total. The van der Waals surface area contributed by atoms with Crippen molar-refractivity contribution in [1.82, 2.24) is 15.4 Å². The van der Waals surface area contributed by atoms with Crippen LogP contribution in [0.4, 0.5) is 0 Å². The average molecular weight is 593 g/mol. The molecule has 0 aromatic heterocycles. The second-order valence-corrected chi connectivity index (χ2v) is 10.7. The predicted octanol–water partition coefficient (Wildman–Crippen LogP) is 5.87. The van der Waals surface area contributed by atoms with Gasteiger partial charge in [0, 0.05) is 34.4 Å². The molecule has 0 saturated heterocycles. The third kappa shape index (κ3) is 12.0. The van der Waals surface area contributed by atoms with E-state index in [9.17, 15) is 9.59 Å². The SMILES string of the molecule is C/C(C=NCCNC=O)=C/N.CSNC1CCCCC1.O=C1NC(c2ccc(Cl)cc2Cl)Cc2ccccc21. The highest BCUT2D eigenvalue weighted by Crippen LogP contribution is 2.31. The van der Waals surface area contributed by atoms with E-state index < -0.39 is 0 Å². The lowest BCUT2D eigenvalue weighted by Crippen LogP contribution is -2.35. The molecule has 1 aliphatic carbocycles. The van der Waals surface area contributed by atoms with E-state index in [4.69, 9.17) is 28.9 Å². The van der Waals surface area contributed by atoms with Crippen LogP contribution >= 0.6 is 35.1 Å². The lowest BCUT2D eigenvalue weighted by Gasteiger charge is -2.26. The summed E-state index contributed by atoms with van der Waals surface area (Å²) in [5.41, 5.74) is 8.78. The fourth-order valence-corrected chi connectivity index (χ4v) is 5.33. The number of benzene rings is 2. The van der Waals surface area contributed by atoms with Crippen molar-refractivity contribution in [3.63, 3.8) is 0 Å². The first-order chi connectivity index (χ1) is 18.9. The van der Waals surface area contributed by atoms with Gasteiger partial charge in [0.15, 0.2) is 0 Å². The molecule has 10 heteroatoms. The Morgan fingerprint density at radius 1 is 1.18 bits per heavy atom. The number of carbonyl (C=O) groups excluding carboxylic acids is 2. The van der Waals surface area contributed by atoms with E-state index in [2.05, 4.69) is 26.6 Å². The fraction of sp³-hybridized carbons (Fsp3) is 0.414. The molecule has 212 valence electrons. The molecular formula is C29H39Cl2N5O2S. The van der Waals surface area contributed by atoms with E-state index in [0.29, 0.717) is 29.5 Å². The van der Waals surface area contributed by atoms with Crippen molar-refractivity contribution in [2.75, 3.05) is 19.3 Å². The molecule has 1 saturated carbocycles. The summed E-state index contributed by atoms with van der Waals surface area (Å²) in [5, 5.41) is 6.65. The van der Waals surface area contributed by atoms with Gasteiger partial charge < -0.3 is 16.4 Å². The second-order valence-electron chi connectivity index (χ2n) is 9.23. The van der Waals surface area contributed by atoms with Gasteiger partial charge in [-0.05, 0) is 73.5 Å². The molecule has 0 radical (unpaired) electrons.